The quantitative estimate of drug-likeness (QED) is 0.835. The lowest BCUT2D eigenvalue weighted by atomic mass is 10.2. The van der Waals surface area contributed by atoms with Gasteiger partial charge in [0.2, 0.25) is 0 Å². The molecule has 2 N–H and O–H groups in total. The van der Waals surface area contributed by atoms with Gasteiger partial charge in [0.25, 0.3) is 5.56 Å². The molecule has 18 heavy (non-hydrogen) atoms. The van der Waals surface area contributed by atoms with Crippen molar-refractivity contribution in [3.05, 3.63) is 26.7 Å². The molecule has 0 aromatic carbocycles. The Kier molecular flexibility index (Phi) is 3.64. The highest BCUT2D eigenvalue weighted by Gasteiger charge is 2.11. The van der Waals surface area contributed by atoms with Crippen LogP contribution in [0.4, 0.5) is 0 Å². The number of aromatic amines is 2. The molecule has 0 aliphatic heterocycles. The average Bonchev–Trinajstić information content (AvgIpc) is 2.76. The number of aromatic nitrogens is 4. The van der Waals surface area contributed by atoms with Gasteiger partial charge in [-0.05, 0) is 12.8 Å². The highest BCUT2D eigenvalue weighted by molar-refractivity contribution is 5.69. The molecule has 0 bridgehead atoms. The lowest BCUT2D eigenvalue weighted by Gasteiger charge is -2.02. The second kappa shape index (κ2) is 5.20. The highest BCUT2D eigenvalue weighted by atomic mass is 16.2. The topological polar surface area (TPSA) is 83.5 Å². The van der Waals surface area contributed by atoms with Crippen LogP contribution in [-0.2, 0) is 13.0 Å². The summed E-state index contributed by atoms with van der Waals surface area (Å²) in [6.07, 6.45) is 3.69. The van der Waals surface area contributed by atoms with Gasteiger partial charge in [0.15, 0.2) is 5.65 Å². The van der Waals surface area contributed by atoms with Crippen molar-refractivity contribution in [1.82, 2.24) is 19.5 Å². The Bertz CT molecular complexity index is 650. The molecular weight excluding hydrogens is 232 g/mol. The van der Waals surface area contributed by atoms with Gasteiger partial charge in [-0.15, -0.1) is 0 Å². The summed E-state index contributed by atoms with van der Waals surface area (Å²) < 4.78 is 1.52. The van der Waals surface area contributed by atoms with Crippen LogP contribution in [0.15, 0.2) is 9.59 Å². The zero-order chi connectivity index (χ0) is 13.1. The van der Waals surface area contributed by atoms with E-state index in [1.807, 2.05) is 6.92 Å². The van der Waals surface area contributed by atoms with E-state index in [4.69, 9.17) is 0 Å². The zero-order valence-electron chi connectivity index (χ0n) is 10.7. The van der Waals surface area contributed by atoms with Crippen LogP contribution in [0.3, 0.4) is 0 Å². The van der Waals surface area contributed by atoms with E-state index < -0.39 is 5.56 Å². The van der Waals surface area contributed by atoms with Crippen LogP contribution in [-0.4, -0.2) is 19.5 Å². The van der Waals surface area contributed by atoms with Crippen LogP contribution < -0.4 is 11.2 Å². The molecular formula is C12H18N4O2. The number of H-pyrrole nitrogens is 2. The van der Waals surface area contributed by atoms with E-state index in [1.165, 1.54) is 4.57 Å². The maximum atomic E-state index is 11.7. The van der Waals surface area contributed by atoms with E-state index in [0.29, 0.717) is 17.7 Å². The summed E-state index contributed by atoms with van der Waals surface area (Å²) in [5, 5.41) is 0. The van der Waals surface area contributed by atoms with E-state index >= 15 is 0 Å². The van der Waals surface area contributed by atoms with Gasteiger partial charge in [0.1, 0.15) is 11.3 Å². The molecule has 98 valence electrons. The lowest BCUT2D eigenvalue weighted by Crippen LogP contribution is -2.30. The van der Waals surface area contributed by atoms with Crippen molar-refractivity contribution in [2.45, 2.75) is 46.1 Å². The predicted octanol–water partition coefficient (Wildman–Crippen LogP) is 1.17. The number of imidazole rings is 1. The number of fused-ring (bicyclic) bond motifs is 1. The van der Waals surface area contributed by atoms with Gasteiger partial charge in [-0.2, -0.15) is 0 Å². The van der Waals surface area contributed by atoms with Crippen LogP contribution in [0, 0.1) is 0 Å². The summed E-state index contributed by atoms with van der Waals surface area (Å²) in [6, 6.07) is 0. The third-order valence-electron chi connectivity index (χ3n) is 2.90. The average molecular weight is 250 g/mol. The van der Waals surface area contributed by atoms with Crippen molar-refractivity contribution in [2.24, 2.45) is 0 Å². The van der Waals surface area contributed by atoms with Crippen molar-refractivity contribution in [1.29, 1.82) is 0 Å². The Hall–Kier alpha value is -1.85. The van der Waals surface area contributed by atoms with E-state index in [1.54, 1.807) is 0 Å². The molecule has 0 saturated heterocycles. The molecule has 6 heteroatoms. The fraction of sp³-hybridized carbons (Fsp3) is 0.583. The number of nitrogens with zero attached hydrogens (tertiary/aromatic N) is 2. The van der Waals surface area contributed by atoms with Crippen LogP contribution in [0.2, 0.25) is 0 Å². The first-order valence-corrected chi connectivity index (χ1v) is 6.39. The third-order valence-corrected chi connectivity index (χ3v) is 2.90. The summed E-state index contributed by atoms with van der Waals surface area (Å²) in [4.78, 5) is 33.1. The summed E-state index contributed by atoms with van der Waals surface area (Å²) in [5.41, 5.74) is 0.0892. The summed E-state index contributed by atoms with van der Waals surface area (Å²) >= 11 is 0. The number of unbranched alkanes of at least 4 members (excludes halogenated alkanes) is 1. The molecule has 0 saturated carbocycles. The van der Waals surface area contributed by atoms with Crippen LogP contribution in [0.5, 0.6) is 0 Å². The third kappa shape index (κ3) is 2.23. The van der Waals surface area contributed by atoms with Gasteiger partial charge in [0.05, 0.1) is 0 Å². The molecule has 0 fully saturated rings. The first-order chi connectivity index (χ1) is 8.67. The largest absolute Gasteiger partial charge is 0.336 e. The Morgan fingerprint density at radius 2 is 1.94 bits per heavy atom. The van der Waals surface area contributed by atoms with E-state index in [0.717, 1.165) is 31.5 Å². The van der Waals surface area contributed by atoms with Crippen molar-refractivity contribution in [3.63, 3.8) is 0 Å². The highest BCUT2D eigenvalue weighted by Crippen LogP contribution is 2.07. The molecule has 2 rings (SSSR count). The number of aryl methyl sites for hydroxylation is 2. The van der Waals surface area contributed by atoms with Crippen molar-refractivity contribution >= 4 is 11.2 Å². The van der Waals surface area contributed by atoms with E-state index in [-0.39, 0.29) is 5.69 Å². The SMILES string of the molecule is CCCCc1nc2c([nH]1)c(=O)[nH]c(=O)n2CCC. The molecule has 2 heterocycles. The van der Waals surface area contributed by atoms with Gasteiger partial charge in [-0.1, -0.05) is 20.3 Å². The second-order valence-corrected chi connectivity index (χ2v) is 4.40. The molecule has 6 nitrogen and oxygen atoms in total. The molecule has 0 aliphatic rings. The first kappa shape index (κ1) is 12.6. The smallest absolute Gasteiger partial charge is 0.330 e. The lowest BCUT2D eigenvalue weighted by molar-refractivity contribution is 0.651. The van der Waals surface area contributed by atoms with Gasteiger partial charge in [-0.3, -0.25) is 14.3 Å². The van der Waals surface area contributed by atoms with Crippen LogP contribution in [0.1, 0.15) is 38.9 Å². The number of nitrogens with one attached hydrogen (secondary N) is 2. The van der Waals surface area contributed by atoms with E-state index in [2.05, 4.69) is 21.9 Å². The minimum Gasteiger partial charge on any atom is -0.336 e. The standard InChI is InChI=1S/C12H18N4O2/c1-3-5-6-8-13-9-10(14-8)16(7-4-2)12(18)15-11(9)17/h3-7H2,1-2H3,(H,13,14)(H,15,17,18). The maximum absolute atomic E-state index is 11.7. The van der Waals surface area contributed by atoms with Gasteiger partial charge >= 0.3 is 5.69 Å². The maximum Gasteiger partial charge on any atom is 0.330 e. The monoisotopic (exact) mass is 250 g/mol. The molecule has 0 aliphatic carbocycles. The normalized spacial score (nSPS) is 11.2. The first-order valence-electron chi connectivity index (χ1n) is 6.39. The minimum atomic E-state index is -0.391. The number of rotatable bonds is 5. The van der Waals surface area contributed by atoms with Crippen molar-refractivity contribution < 1.29 is 0 Å². The molecule has 0 atom stereocenters. The Labute approximate surface area is 104 Å². The predicted molar refractivity (Wildman–Crippen MR) is 69.9 cm³/mol. The molecule has 0 amide bonds. The fourth-order valence-electron chi connectivity index (χ4n) is 1.98. The number of hydrogen-bond acceptors (Lipinski definition) is 3. The molecule has 0 unspecified atom stereocenters. The molecule has 0 radical (unpaired) electrons. The van der Waals surface area contributed by atoms with Crippen LogP contribution in [0.25, 0.3) is 11.2 Å². The van der Waals surface area contributed by atoms with Gasteiger partial charge < -0.3 is 4.98 Å². The van der Waals surface area contributed by atoms with E-state index in [9.17, 15) is 9.59 Å². The fourth-order valence-corrected chi connectivity index (χ4v) is 1.98. The molecule has 2 aromatic rings. The Balaban J connectivity index is 2.58. The van der Waals surface area contributed by atoms with Crippen molar-refractivity contribution in [3.8, 4) is 0 Å². The van der Waals surface area contributed by atoms with Gasteiger partial charge in [0, 0.05) is 13.0 Å². The van der Waals surface area contributed by atoms with Crippen LogP contribution >= 0.6 is 0 Å². The summed E-state index contributed by atoms with van der Waals surface area (Å²) in [5.74, 6) is 0.771. The Morgan fingerprint density at radius 1 is 1.17 bits per heavy atom. The Morgan fingerprint density at radius 3 is 2.61 bits per heavy atom. The zero-order valence-corrected chi connectivity index (χ0v) is 10.7. The summed E-state index contributed by atoms with van der Waals surface area (Å²) in [7, 11) is 0. The second-order valence-electron chi connectivity index (χ2n) is 4.40. The van der Waals surface area contributed by atoms with Gasteiger partial charge in [-0.25, -0.2) is 9.78 Å². The molecule has 0 spiro atoms. The summed E-state index contributed by atoms with van der Waals surface area (Å²) in [6.45, 7) is 4.64. The number of hydrogen-bond donors (Lipinski definition) is 2. The minimum absolute atomic E-state index is 0.386. The van der Waals surface area contributed by atoms with Crippen molar-refractivity contribution in [2.75, 3.05) is 0 Å². The molecule has 2 aromatic heterocycles.